The van der Waals surface area contributed by atoms with Crippen LogP contribution in [0.4, 0.5) is 4.79 Å². The molecule has 0 saturated heterocycles. The number of methoxy groups -OCH3 is 1. The number of nitrogens with one attached hydrogen (secondary N) is 1. The minimum Gasteiger partial charge on any atom is -0.497 e. The lowest BCUT2D eigenvalue weighted by Crippen LogP contribution is -2.34. The van der Waals surface area contributed by atoms with E-state index in [0.29, 0.717) is 45.1 Å². The number of nitrogens with zero attached hydrogens (tertiary/aromatic N) is 3. The second kappa shape index (κ2) is 9.98. The van der Waals surface area contributed by atoms with Crippen LogP contribution in [0.5, 0.6) is 11.5 Å². The van der Waals surface area contributed by atoms with Gasteiger partial charge in [0.15, 0.2) is 5.78 Å². The quantitative estimate of drug-likeness (QED) is 0.298. The first kappa shape index (κ1) is 25.5. The lowest BCUT2D eigenvalue weighted by atomic mass is 9.88. The van der Waals surface area contributed by atoms with E-state index in [9.17, 15) is 9.59 Å². The number of hydrogen-bond acceptors (Lipinski definition) is 7. The molecule has 0 saturated carbocycles. The molecule has 0 radical (unpaired) electrons. The van der Waals surface area contributed by atoms with Gasteiger partial charge >= 0.3 is 6.09 Å². The van der Waals surface area contributed by atoms with Gasteiger partial charge in [-0.05, 0) is 50.6 Å². The zero-order valence-electron chi connectivity index (χ0n) is 21.5. The van der Waals surface area contributed by atoms with Gasteiger partial charge in [-0.25, -0.2) is 4.79 Å². The number of amides is 1. The van der Waals surface area contributed by atoms with Gasteiger partial charge in [-0.15, -0.1) is 0 Å². The van der Waals surface area contributed by atoms with E-state index >= 15 is 0 Å². The summed E-state index contributed by atoms with van der Waals surface area (Å²) >= 11 is 6.50. The Morgan fingerprint density at radius 3 is 2.55 bits per heavy atom. The molecule has 0 fully saturated rings. The summed E-state index contributed by atoms with van der Waals surface area (Å²) in [4.78, 5) is 29.9. The van der Waals surface area contributed by atoms with Gasteiger partial charge in [-0.2, -0.15) is 5.10 Å². The van der Waals surface area contributed by atoms with Crippen LogP contribution < -0.4 is 14.8 Å². The summed E-state index contributed by atoms with van der Waals surface area (Å²) in [5.74, 6) is 0.952. The van der Waals surface area contributed by atoms with Gasteiger partial charge in [-0.3, -0.25) is 14.5 Å². The van der Waals surface area contributed by atoms with E-state index in [4.69, 9.17) is 30.9 Å². The van der Waals surface area contributed by atoms with Crippen LogP contribution in [0.3, 0.4) is 0 Å². The van der Waals surface area contributed by atoms with Crippen LogP contribution in [0.15, 0.2) is 48.8 Å². The van der Waals surface area contributed by atoms with Crippen molar-refractivity contribution in [3.63, 3.8) is 0 Å². The second-order valence-corrected chi connectivity index (χ2v) is 10.3. The molecule has 0 unspecified atom stereocenters. The molecule has 2 aromatic carbocycles. The van der Waals surface area contributed by atoms with Crippen molar-refractivity contribution in [1.82, 2.24) is 20.1 Å². The van der Waals surface area contributed by atoms with Crippen LogP contribution in [0.1, 0.15) is 42.3 Å². The lowest BCUT2D eigenvalue weighted by Gasteiger charge is -2.19. The first-order valence-corrected chi connectivity index (χ1v) is 12.5. The smallest absolute Gasteiger partial charge is 0.407 e. The molecule has 38 heavy (non-hydrogen) atoms. The van der Waals surface area contributed by atoms with Gasteiger partial charge in [0.25, 0.3) is 0 Å². The summed E-state index contributed by atoms with van der Waals surface area (Å²) in [6, 6.07) is 11.0. The normalized spacial score (nSPS) is 12.3. The summed E-state index contributed by atoms with van der Waals surface area (Å²) in [7, 11) is 1.61. The summed E-state index contributed by atoms with van der Waals surface area (Å²) in [5.41, 5.74) is 2.96. The van der Waals surface area contributed by atoms with E-state index in [1.807, 2.05) is 30.3 Å². The Kier molecular flexibility index (Phi) is 6.71. The number of hydrogen-bond donors (Lipinski definition) is 1. The number of halogens is 1. The summed E-state index contributed by atoms with van der Waals surface area (Å²) in [6.07, 6.45) is 2.59. The van der Waals surface area contributed by atoms with E-state index in [1.165, 1.54) is 6.20 Å². The predicted molar refractivity (Wildman–Crippen MR) is 143 cm³/mol. The van der Waals surface area contributed by atoms with E-state index in [0.717, 1.165) is 16.8 Å². The summed E-state index contributed by atoms with van der Waals surface area (Å²) in [6.45, 7) is 6.31. The number of ketones is 1. The van der Waals surface area contributed by atoms with Crippen LogP contribution >= 0.6 is 11.6 Å². The molecule has 1 aliphatic rings. The Bertz CT molecular complexity index is 1540. The molecule has 1 aliphatic carbocycles. The standard InChI is InChI=1S/C28H27ClN4O5/c1-28(2,3)38-27(35)31-11-12-33-20-10-9-19(29)23-24(20)25(32-33)22-18(26(23)34)13-30-14-21(22)37-15-16-5-7-17(36-4)8-6-16/h5-10,13-14H,11-12,15H2,1-4H3,(H,31,35). The maximum Gasteiger partial charge on any atom is 0.407 e. The van der Waals surface area contributed by atoms with E-state index < -0.39 is 11.7 Å². The number of ether oxygens (including phenoxy) is 3. The van der Waals surface area contributed by atoms with Crippen molar-refractivity contribution in [3.8, 4) is 22.8 Å². The number of carbonyl (C=O) groups is 2. The maximum atomic E-state index is 13.6. The first-order chi connectivity index (χ1) is 18.2. The second-order valence-electron chi connectivity index (χ2n) is 9.84. The van der Waals surface area contributed by atoms with Crippen LogP contribution in [0.2, 0.25) is 5.02 Å². The zero-order chi connectivity index (χ0) is 27.0. The molecule has 2 heterocycles. The van der Waals surface area contributed by atoms with Gasteiger partial charge in [0.2, 0.25) is 0 Å². The van der Waals surface area contributed by atoms with Crippen molar-refractivity contribution in [2.75, 3.05) is 13.7 Å². The average Bonchev–Trinajstić information content (AvgIpc) is 3.24. The fourth-order valence-electron chi connectivity index (χ4n) is 4.38. The van der Waals surface area contributed by atoms with Crippen LogP contribution in [-0.4, -0.2) is 45.9 Å². The molecule has 0 spiro atoms. The Morgan fingerprint density at radius 2 is 1.84 bits per heavy atom. The van der Waals surface area contributed by atoms with Gasteiger partial charge in [-0.1, -0.05) is 23.7 Å². The molecule has 9 nitrogen and oxygen atoms in total. The molecule has 0 aliphatic heterocycles. The lowest BCUT2D eigenvalue weighted by molar-refractivity contribution is 0.0525. The van der Waals surface area contributed by atoms with Gasteiger partial charge in [0.05, 0.1) is 47.1 Å². The molecule has 4 aromatic rings. The van der Waals surface area contributed by atoms with Gasteiger partial charge in [0.1, 0.15) is 29.4 Å². The third-order valence-electron chi connectivity index (χ3n) is 6.03. The summed E-state index contributed by atoms with van der Waals surface area (Å²) in [5, 5.41) is 8.57. The average molecular weight is 535 g/mol. The molecule has 10 heteroatoms. The van der Waals surface area contributed by atoms with E-state index in [2.05, 4.69) is 10.3 Å². The molecule has 1 amide bonds. The summed E-state index contributed by atoms with van der Waals surface area (Å²) < 4.78 is 18.4. The highest BCUT2D eigenvalue weighted by Gasteiger charge is 2.33. The Morgan fingerprint density at radius 1 is 1.08 bits per heavy atom. The van der Waals surface area contributed by atoms with Crippen molar-refractivity contribution < 1.29 is 23.8 Å². The molecule has 0 atom stereocenters. The fourth-order valence-corrected chi connectivity index (χ4v) is 4.62. The first-order valence-electron chi connectivity index (χ1n) is 12.1. The van der Waals surface area contributed by atoms with Crippen molar-refractivity contribution >= 4 is 34.4 Å². The number of aromatic nitrogens is 3. The minimum atomic E-state index is -0.597. The molecule has 196 valence electrons. The topological polar surface area (TPSA) is 105 Å². The number of fused-ring (bicyclic) bond motifs is 2. The van der Waals surface area contributed by atoms with Crippen molar-refractivity contribution in [3.05, 3.63) is 70.5 Å². The Hall–Kier alpha value is -4.11. The monoisotopic (exact) mass is 534 g/mol. The van der Waals surface area contributed by atoms with E-state index in [1.54, 1.807) is 44.8 Å². The highest BCUT2D eigenvalue weighted by Crippen LogP contribution is 2.45. The number of pyridine rings is 1. The third kappa shape index (κ3) is 4.89. The zero-order valence-corrected chi connectivity index (χ0v) is 22.3. The molecule has 0 bridgehead atoms. The van der Waals surface area contributed by atoms with Crippen molar-refractivity contribution in [2.45, 2.75) is 39.5 Å². The third-order valence-corrected chi connectivity index (χ3v) is 6.35. The van der Waals surface area contributed by atoms with Crippen LogP contribution in [-0.2, 0) is 17.9 Å². The van der Waals surface area contributed by atoms with Gasteiger partial charge in [0, 0.05) is 18.1 Å². The maximum absolute atomic E-state index is 13.6. The fraction of sp³-hybridized carbons (Fsp3) is 0.286. The van der Waals surface area contributed by atoms with Crippen molar-refractivity contribution in [1.29, 1.82) is 0 Å². The Balaban J connectivity index is 1.48. The highest BCUT2D eigenvalue weighted by molar-refractivity contribution is 6.39. The molecule has 2 aromatic heterocycles. The SMILES string of the molecule is COc1ccc(COc2cncc3c2-c2nn(CCNC(=O)OC(C)(C)C)c4ccc(Cl)c(c24)C3=O)cc1. The Labute approximate surface area is 224 Å². The van der Waals surface area contributed by atoms with Crippen molar-refractivity contribution in [2.24, 2.45) is 0 Å². The number of carbonyl (C=O) groups excluding carboxylic acids is 2. The number of alkyl carbamates (subject to hydrolysis) is 1. The highest BCUT2D eigenvalue weighted by atomic mass is 35.5. The van der Waals surface area contributed by atoms with Crippen LogP contribution in [0.25, 0.3) is 22.2 Å². The molecular weight excluding hydrogens is 508 g/mol. The largest absolute Gasteiger partial charge is 0.497 e. The van der Waals surface area contributed by atoms with Crippen LogP contribution in [0, 0.1) is 0 Å². The number of rotatable bonds is 7. The number of benzene rings is 2. The molecular formula is C28H27ClN4O5. The van der Waals surface area contributed by atoms with E-state index in [-0.39, 0.29) is 18.9 Å². The molecule has 1 N–H and O–H groups in total. The van der Waals surface area contributed by atoms with Gasteiger partial charge < -0.3 is 19.5 Å². The molecule has 5 rings (SSSR count). The minimum absolute atomic E-state index is 0.239. The predicted octanol–water partition coefficient (Wildman–Crippen LogP) is 5.41.